The maximum Gasteiger partial charge on any atom is 0.324 e. The zero-order chi connectivity index (χ0) is 14.0. The van der Waals surface area contributed by atoms with Crippen LogP contribution in [0.25, 0.3) is 0 Å². The van der Waals surface area contributed by atoms with Crippen LogP contribution in [-0.4, -0.2) is 34.6 Å². The lowest BCUT2D eigenvalue weighted by Gasteiger charge is -2.52. The van der Waals surface area contributed by atoms with Gasteiger partial charge in [0.2, 0.25) is 0 Å². The summed E-state index contributed by atoms with van der Waals surface area (Å²) in [7, 11) is 0. The molecule has 1 fully saturated rings. The minimum absolute atomic E-state index is 0.0431. The average Bonchev–Trinajstić information content (AvgIpc) is 2.29. The Bertz CT molecular complexity index is 291. The smallest absolute Gasteiger partial charge is 0.324 e. The largest absolute Gasteiger partial charge is 0.480 e. The molecule has 0 amide bonds. The van der Waals surface area contributed by atoms with E-state index in [0.717, 1.165) is 38.8 Å². The first kappa shape index (κ1) is 15.5. The van der Waals surface area contributed by atoms with Crippen LogP contribution in [-0.2, 0) is 4.79 Å². The SMILES string of the molecule is CCN(CC)C1(C(=O)O)CCCCC1C(C)(C)C. The molecule has 1 aliphatic carbocycles. The summed E-state index contributed by atoms with van der Waals surface area (Å²) in [6, 6.07) is 0. The lowest BCUT2D eigenvalue weighted by molar-refractivity contribution is -0.164. The second-order valence-electron chi connectivity index (χ2n) is 6.57. The summed E-state index contributed by atoms with van der Waals surface area (Å²) in [5, 5.41) is 9.91. The number of carboxylic acid groups (broad SMARTS) is 1. The van der Waals surface area contributed by atoms with Crippen LogP contribution < -0.4 is 0 Å². The summed E-state index contributed by atoms with van der Waals surface area (Å²) in [6.45, 7) is 12.3. The van der Waals surface area contributed by atoms with Crippen molar-refractivity contribution in [3.05, 3.63) is 0 Å². The molecule has 1 aliphatic rings. The molecule has 0 radical (unpaired) electrons. The molecule has 0 aromatic carbocycles. The fourth-order valence-corrected chi connectivity index (χ4v) is 3.86. The molecule has 0 aromatic heterocycles. The van der Waals surface area contributed by atoms with Crippen molar-refractivity contribution in [3.8, 4) is 0 Å². The van der Waals surface area contributed by atoms with Crippen LogP contribution in [0, 0.1) is 11.3 Å². The summed E-state index contributed by atoms with van der Waals surface area (Å²) in [5.41, 5.74) is -0.610. The van der Waals surface area contributed by atoms with E-state index in [0.29, 0.717) is 0 Å². The molecule has 2 atom stereocenters. The molecular formula is C15H29NO2. The Morgan fingerprint density at radius 3 is 2.22 bits per heavy atom. The summed E-state index contributed by atoms with van der Waals surface area (Å²) >= 11 is 0. The normalized spacial score (nSPS) is 29.6. The van der Waals surface area contributed by atoms with Crippen LogP contribution in [0.15, 0.2) is 0 Å². The Balaban J connectivity index is 3.23. The maximum atomic E-state index is 12.1. The van der Waals surface area contributed by atoms with E-state index in [-0.39, 0.29) is 11.3 Å². The van der Waals surface area contributed by atoms with Gasteiger partial charge in [-0.2, -0.15) is 0 Å². The molecule has 1 rings (SSSR count). The second kappa shape index (κ2) is 5.60. The minimum atomic E-state index is -0.653. The quantitative estimate of drug-likeness (QED) is 0.837. The zero-order valence-electron chi connectivity index (χ0n) is 12.6. The molecule has 3 heteroatoms. The highest BCUT2D eigenvalue weighted by Crippen LogP contribution is 2.47. The number of carboxylic acids is 1. The van der Waals surface area contributed by atoms with Crippen LogP contribution in [0.4, 0.5) is 0 Å². The summed E-state index contributed by atoms with van der Waals surface area (Å²) in [5.74, 6) is -0.387. The predicted molar refractivity (Wildman–Crippen MR) is 74.7 cm³/mol. The Labute approximate surface area is 112 Å². The monoisotopic (exact) mass is 255 g/mol. The average molecular weight is 255 g/mol. The molecule has 0 aliphatic heterocycles. The van der Waals surface area contributed by atoms with Gasteiger partial charge in [0.15, 0.2) is 0 Å². The molecular weight excluding hydrogens is 226 g/mol. The first-order valence-corrected chi connectivity index (χ1v) is 7.29. The lowest BCUT2D eigenvalue weighted by Crippen LogP contribution is -2.63. The van der Waals surface area contributed by atoms with Gasteiger partial charge in [0.25, 0.3) is 0 Å². The molecule has 0 bridgehead atoms. The van der Waals surface area contributed by atoms with Crippen LogP contribution in [0.3, 0.4) is 0 Å². The van der Waals surface area contributed by atoms with Crippen LogP contribution >= 0.6 is 0 Å². The molecule has 18 heavy (non-hydrogen) atoms. The van der Waals surface area contributed by atoms with Crippen LogP contribution in [0.2, 0.25) is 0 Å². The zero-order valence-corrected chi connectivity index (χ0v) is 12.6. The molecule has 1 saturated carbocycles. The highest BCUT2D eigenvalue weighted by molar-refractivity contribution is 5.79. The Hall–Kier alpha value is -0.570. The van der Waals surface area contributed by atoms with Crippen molar-refractivity contribution in [3.63, 3.8) is 0 Å². The number of carbonyl (C=O) groups is 1. The summed E-state index contributed by atoms with van der Waals surface area (Å²) in [6.07, 6.45) is 4.03. The number of hydrogen-bond donors (Lipinski definition) is 1. The van der Waals surface area contributed by atoms with Gasteiger partial charge in [-0.1, -0.05) is 47.5 Å². The molecule has 0 spiro atoms. The topological polar surface area (TPSA) is 40.5 Å². The van der Waals surface area contributed by atoms with Gasteiger partial charge < -0.3 is 5.11 Å². The van der Waals surface area contributed by atoms with Gasteiger partial charge in [-0.25, -0.2) is 0 Å². The first-order valence-electron chi connectivity index (χ1n) is 7.29. The fourth-order valence-electron chi connectivity index (χ4n) is 3.86. The van der Waals surface area contributed by atoms with Gasteiger partial charge in [-0.05, 0) is 37.3 Å². The van der Waals surface area contributed by atoms with Crippen molar-refractivity contribution >= 4 is 5.97 Å². The molecule has 0 aromatic rings. The van der Waals surface area contributed by atoms with E-state index < -0.39 is 11.5 Å². The molecule has 106 valence electrons. The van der Waals surface area contributed by atoms with Gasteiger partial charge >= 0.3 is 5.97 Å². The Morgan fingerprint density at radius 2 is 1.83 bits per heavy atom. The van der Waals surface area contributed by atoms with E-state index >= 15 is 0 Å². The number of nitrogens with zero attached hydrogens (tertiary/aromatic N) is 1. The van der Waals surface area contributed by atoms with E-state index in [2.05, 4.69) is 39.5 Å². The molecule has 3 nitrogen and oxygen atoms in total. The van der Waals surface area contributed by atoms with Crippen molar-refractivity contribution in [2.75, 3.05) is 13.1 Å². The van der Waals surface area contributed by atoms with Gasteiger partial charge in [-0.3, -0.25) is 9.69 Å². The van der Waals surface area contributed by atoms with E-state index in [1.807, 2.05) is 0 Å². The number of rotatable bonds is 4. The van der Waals surface area contributed by atoms with Crippen molar-refractivity contribution < 1.29 is 9.90 Å². The van der Waals surface area contributed by atoms with Crippen molar-refractivity contribution in [2.45, 2.75) is 65.8 Å². The summed E-state index contributed by atoms with van der Waals surface area (Å²) in [4.78, 5) is 14.2. The maximum absolute atomic E-state index is 12.1. The molecule has 1 N–H and O–H groups in total. The highest BCUT2D eigenvalue weighted by atomic mass is 16.4. The summed E-state index contributed by atoms with van der Waals surface area (Å²) < 4.78 is 0. The molecule has 0 heterocycles. The fraction of sp³-hybridized carbons (Fsp3) is 0.933. The lowest BCUT2D eigenvalue weighted by atomic mass is 9.61. The third-order valence-electron chi connectivity index (χ3n) is 4.62. The first-order chi connectivity index (χ1) is 8.30. The number of likely N-dealkylation sites (N-methyl/N-ethyl adjacent to an activating group) is 1. The van der Waals surface area contributed by atoms with Crippen LogP contribution in [0.5, 0.6) is 0 Å². The number of hydrogen-bond acceptors (Lipinski definition) is 2. The van der Waals surface area contributed by atoms with Gasteiger partial charge in [0, 0.05) is 0 Å². The highest BCUT2D eigenvalue weighted by Gasteiger charge is 2.54. The second-order valence-corrected chi connectivity index (χ2v) is 6.57. The number of aliphatic carboxylic acids is 1. The van der Waals surface area contributed by atoms with E-state index in [1.54, 1.807) is 0 Å². The Kier molecular flexibility index (Phi) is 4.82. The van der Waals surface area contributed by atoms with Crippen molar-refractivity contribution in [1.29, 1.82) is 0 Å². The van der Waals surface area contributed by atoms with E-state index in [9.17, 15) is 9.90 Å². The van der Waals surface area contributed by atoms with Crippen LogP contribution in [0.1, 0.15) is 60.3 Å². The molecule has 2 unspecified atom stereocenters. The van der Waals surface area contributed by atoms with Gasteiger partial charge in [-0.15, -0.1) is 0 Å². The minimum Gasteiger partial charge on any atom is -0.480 e. The van der Waals surface area contributed by atoms with E-state index in [4.69, 9.17) is 0 Å². The van der Waals surface area contributed by atoms with Crippen molar-refractivity contribution in [2.24, 2.45) is 11.3 Å². The van der Waals surface area contributed by atoms with Crippen molar-refractivity contribution in [1.82, 2.24) is 4.90 Å². The molecule has 0 saturated heterocycles. The third-order valence-corrected chi connectivity index (χ3v) is 4.62. The third kappa shape index (κ3) is 2.56. The van der Waals surface area contributed by atoms with E-state index in [1.165, 1.54) is 0 Å². The van der Waals surface area contributed by atoms with Gasteiger partial charge in [0.05, 0.1) is 0 Å². The standard InChI is InChI=1S/C15H29NO2/c1-6-16(7-2)15(13(17)18)11-9-8-10-12(15)14(3,4)5/h12H,6-11H2,1-5H3,(H,17,18). The Morgan fingerprint density at radius 1 is 1.28 bits per heavy atom. The van der Waals surface area contributed by atoms with Gasteiger partial charge in [0.1, 0.15) is 5.54 Å². The predicted octanol–water partition coefficient (Wildman–Crippen LogP) is 3.39.